The Kier molecular flexibility index (Phi) is 3.31. The van der Waals surface area contributed by atoms with Gasteiger partial charge < -0.3 is 0 Å². The van der Waals surface area contributed by atoms with Gasteiger partial charge in [-0.15, -0.1) is 0 Å². The number of benzene rings is 2. The van der Waals surface area contributed by atoms with Crippen LogP contribution in [0.4, 0.5) is 5.69 Å². The van der Waals surface area contributed by atoms with E-state index in [1.807, 2.05) is 13.0 Å². The molecule has 0 spiro atoms. The average Bonchev–Trinajstić information content (AvgIpc) is 2.48. The summed E-state index contributed by atoms with van der Waals surface area (Å²) in [5.74, 6) is 0. The average molecular weight is 299 g/mol. The fourth-order valence-corrected chi connectivity index (χ4v) is 3.16. The van der Waals surface area contributed by atoms with Crippen molar-refractivity contribution in [2.75, 3.05) is 4.72 Å². The van der Waals surface area contributed by atoms with Crippen LogP contribution in [0, 0.1) is 6.92 Å². The van der Waals surface area contributed by atoms with Crippen LogP contribution in [-0.2, 0) is 10.0 Å². The molecular formula is C15H13N3O2S. The molecule has 3 aromatic rings. The molecule has 0 aliphatic carbocycles. The maximum atomic E-state index is 12.4. The van der Waals surface area contributed by atoms with Crippen molar-refractivity contribution in [3.8, 4) is 0 Å². The molecular weight excluding hydrogens is 286 g/mol. The van der Waals surface area contributed by atoms with Crippen molar-refractivity contribution in [2.24, 2.45) is 0 Å². The minimum Gasteiger partial charge on any atom is -0.279 e. The van der Waals surface area contributed by atoms with Crippen LogP contribution in [0.5, 0.6) is 0 Å². The fourth-order valence-electron chi connectivity index (χ4n) is 2.05. The van der Waals surface area contributed by atoms with Crippen molar-refractivity contribution in [3.05, 3.63) is 60.3 Å². The van der Waals surface area contributed by atoms with Crippen LogP contribution < -0.4 is 4.72 Å². The second-order valence-electron chi connectivity index (χ2n) is 4.64. The van der Waals surface area contributed by atoms with Crippen molar-refractivity contribution in [1.29, 1.82) is 0 Å². The summed E-state index contributed by atoms with van der Waals surface area (Å²) < 4.78 is 27.4. The van der Waals surface area contributed by atoms with Crippen molar-refractivity contribution < 1.29 is 8.42 Å². The molecule has 2 aromatic carbocycles. The highest BCUT2D eigenvalue weighted by atomic mass is 32.2. The first-order valence-electron chi connectivity index (χ1n) is 6.37. The molecule has 0 bridgehead atoms. The third-order valence-electron chi connectivity index (χ3n) is 3.05. The molecule has 0 radical (unpaired) electrons. The zero-order valence-electron chi connectivity index (χ0n) is 11.3. The monoisotopic (exact) mass is 299 g/mol. The topological polar surface area (TPSA) is 72.0 Å². The number of sulfonamides is 1. The summed E-state index contributed by atoms with van der Waals surface area (Å²) in [6.45, 7) is 1.81. The minimum atomic E-state index is -3.62. The molecule has 0 unspecified atom stereocenters. The van der Waals surface area contributed by atoms with E-state index >= 15 is 0 Å². The zero-order valence-corrected chi connectivity index (χ0v) is 12.1. The number of hydrogen-bond donors (Lipinski definition) is 1. The van der Waals surface area contributed by atoms with Gasteiger partial charge in [0.15, 0.2) is 0 Å². The first-order valence-corrected chi connectivity index (χ1v) is 7.85. The lowest BCUT2D eigenvalue weighted by Gasteiger charge is -2.10. The molecule has 6 heteroatoms. The highest BCUT2D eigenvalue weighted by Gasteiger charge is 2.15. The minimum absolute atomic E-state index is 0.223. The Bertz CT molecular complexity index is 893. The molecule has 0 amide bonds. The first-order chi connectivity index (χ1) is 10.1. The van der Waals surface area contributed by atoms with Gasteiger partial charge in [-0.25, -0.2) is 8.42 Å². The van der Waals surface area contributed by atoms with Crippen LogP contribution in [0.3, 0.4) is 0 Å². The molecule has 0 fully saturated rings. The predicted octanol–water partition coefficient (Wildman–Crippen LogP) is 2.74. The summed E-state index contributed by atoms with van der Waals surface area (Å²) in [5.41, 5.74) is 1.87. The molecule has 0 saturated carbocycles. The normalized spacial score (nSPS) is 11.5. The van der Waals surface area contributed by atoms with Crippen LogP contribution >= 0.6 is 0 Å². The lowest BCUT2D eigenvalue weighted by atomic mass is 10.2. The van der Waals surface area contributed by atoms with Crippen LogP contribution in [-0.4, -0.2) is 18.6 Å². The van der Waals surface area contributed by atoms with Gasteiger partial charge >= 0.3 is 0 Å². The predicted molar refractivity (Wildman–Crippen MR) is 81.5 cm³/mol. The van der Waals surface area contributed by atoms with Crippen LogP contribution in [0.15, 0.2) is 59.5 Å². The van der Waals surface area contributed by atoms with E-state index in [1.54, 1.807) is 48.5 Å². The summed E-state index contributed by atoms with van der Waals surface area (Å²) in [7, 11) is -3.62. The molecule has 1 N–H and O–H groups in total. The van der Waals surface area contributed by atoms with Gasteiger partial charge in [0, 0.05) is 5.39 Å². The van der Waals surface area contributed by atoms with Gasteiger partial charge in [-0.3, -0.25) is 4.72 Å². The van der Waals surface area contributed by atoms with Gasteiger partial charge in [-0.05, 0) is 37.3 Å². The van der Waals surface area contributed by atoms with Gasteiger partial charge in [-0.2, -0.15) is 10.2 Å². The molecule has 3 rings (SSSR count). The number of anilines is 1. The number of nitrogens with one attached hydrogen (secondary N) is 1. The van der Waals surface area contributed by atoms with E-state index in [9.17, 15) is 8.42 Å². The summed E-state index contributed by atoms with van der Waals surface area (Å²) in [6, 6.07) is 15.3. The number of nitrogens with zero attached hydrogens (tertiary/aromatic N) is 2. The van der Waals surface area contributed by atoms with E-state index in [0.29, 0.717) is 11.2 Å². The molecule has 106 valence electrons. The second kappa shape index (κ2) is 5.14. The number of rotatable bonds is 3. The largest absolute Gasteiger partial charge is 0.279 e. The van der Waals surface area contributed by atoms with Crippen molar-refractivity contribution in [2.45, 2.75) is 11.8 Å². The Labute approximate surface area is 122 Å². The molecule has 5 nitrogen and oxygen atoms in total. The third kappa shape index (κ3) is 2.71. The Balaban J connectivity index is 2.08. The summed E-state index contributed by atoms with van der Waals surface area (Å²) in [6.07, 6.45) is 0. The molecule has 0 saturated heterocycles. The first kappa shape index (κ1) is 13.5. The number of aryl methyl sites for hydroxylation is 1. The van der Waals surface area contributed by atoms with E-state index in [1.165, 1.54) is 0 Å². The van der Waals surface area contributed by atoms with Crippen molar-refractivity contribution in [3.63, 3.8) is 0 Å². The highest BCUT2D eigenvalue weighted by molar-refractivity contribution is 7.92. The zero-order chi connectivity index (χ0) is 14.9. The maximum Gasteiger partial charge on any atom is 0.261 e. The standard InChI is InChI=1S/C15H13N3O2S/c1-11-10-13-14(17-16-11)8-5-9-15(13)18-21(19,20)12-6-3-2-4-7-12/h2-10,18H,1H3. The highest BCUT2D eigenvalue weighted by Crippen LogP contribution is 2.24. The lowest BCUT2D eigenvalue weighted by molar-refractivity contribution is 0.601. The van der Waals surface area contributed by atoms with Gasteiger partial charge in [0.25, 0.3) is 10.0 Å². The van der Waals surface area contributed by atoms with E-state index in [0.717, 1.165) is 11.1 Å². The van der Waals surface area contributed by atoms with Crippen molar-refractivity contribution >= 4 is 26.6 Å². The number of hydrogen-bond acceptors (Lipinski definition) is 4. The van der Waals surface area contributed by atoms with E-state index in [2.05, 4.69) is 14.9 Å². The van der Waals surface area contributed by atoms with E-state index in [-0.39, 0.29) is 4.90 Å². The quantitative estimate of drug-likeness (QED) is 0.807. The van der Waals surface area contributed by atoms with Gasteiger partial charge in [0.2, 0.25) is 0 Å². The van der Waals surface area contributed by atoms with E-state index in [4.69, 9.17) is 0 Å². The number of fused-ring (bicyclic) bond motifs is 1. The Morgan fingerprint density at radius 2 is 1.71 bits per heavy atom. The van der Waals surface area contributed by atoms with Crippen molar-refractivity contribution in [1.82, 2.24) is 10.2 Å². The third-order valence-corrected chi connectivity index (χ3v) is 4.43. The van der Waals surface area contributed by atoms with Crippen LogP contribution in [0.2, 0.25) is 0 Å². The maximum absolute atomic E-state index is 12.4. The molecule has 0 aliphatic heterocycles. The lowest BCUT2D eigenvalue weighted by Crippen LogP contribution is -2.13. The molecule has 0 atom stereocenters. The van der Waals surface area contributed by atoms with Gasteiger partial charge in [0.05, 0.1) is 21.8 Å². The molecule has 1 heterocycles. The summed E-state index contributed by atoms with van der Waals surface area (Å²) in [5, 5.41) is 8.76. The van der Waals surface area contributed by atoms with Gasteiger partial charge in [0.1, 0.15) is 0 Å². The molecule has 0 aliphatic rings. The Morgan fingerprint density at radius 3 is 2.48 bits per heavy atom. The SMILES string of the molecule is Cc1cc2c(NS(=O)(=O)c3ccccc3)cccc2nn1. The Hall–Kier alpha value is -2.47. The molecule has 21 heavy (non-hydrogen) atoms. The second-order valence-corrected chi connectivity index (χ2v) is 6.33. The Morgan fingerprint density at radius 1 is 0.952 bits per heavy atom. The van der Waals surface area contributed by atoms with Crippen LogP contribution in [0.1, 0.15) is 5.69 Å². The smallest absolute Gasteiger partial charge is 0.261 e. The summed E-state index contributed by atoms with van der Waals surface area (Å²) in [4.78, 5) is 0.223. The molecule has 1 aromatic heterocycles. The van der Waals surface area contributed by atoms with E-state index < -0.39 is 10.0 Å². The summed E-state index contributed by atoms with van der Waals surface area (Å²) >= 11 is 0. The van der Waals surface area contributed by atoms with Gasteiger partial charge in [-0.1, -0.05) is 24.3 Å². The number of aromatic nitrogens is 2. The van der Waals surface area contributed by atoms with Crippen LogP contribution in [0.25, 0.3) is 10.9 Å². The fraction of sp³-hybridized carbons (Fsp3) is 0.0667.